The third-order valence-electron chi connectivity index (χ3n) is 4.69. The lowest BCUT2D eigenvalue weighted by atomic mass is 9.96. The standard InChI is InChI=1S/C18H19ClN2O2S/c19-16-5-6-17(23-16)24-15-3-1-13(2-4-15)18(22)20-14-9-12-7-8-21(10-12)11-14/h1-6,12,14H,7-11H2,(H,20,22)/t12-,14-/m1/s1. The summed E-state index contributed by atoms with van der Waals surface area (Å²) in [6.07, 6.45) is 2.38. The normalized spacial score (nSPS) is 25.6. The average Bonchev–Trinajstić information content (AvgIpc) is 3.13. The third-order valence-corrected chi connectivity index (χ3v) is 5.82. The molecule has 3 atom stereocenters. The molecule has 1 aromatic carbocycles. The molecule has 2 saturated heterocycles. The Hall–Kier alpha value is -1.43. The fourth-order valence-electron chi connectivity index (χ4n) is 3.58. The van der Waals surface area contributed by atoms with Crippen molar-refractivity contribution in [3.8, 4) is 0 Å². The van der Waals surface area contributed by atoms with E-state index >= 15 is 0 Å². The molecule has 1 N–H and O–H groups in total. The fourth-order valence-corrected chi connectivity index (χ4v) is 4.54. The number of piperidine rings is 1. The van der Waals surface area contributed by atoms with Crippen LogP contribution in [0.4, 0.5) is 0 Å². The Morgan fingerprint density at radius 2 is 2.04 bits per heavy atom. The number of hydrogen-bond donors (Lipinski definition) is 1. The Bertz CT molecular complexity index is 719. The SMILES string of the molecule is O=C(N[C@@H]1C[C@H]2CCN(C2)C1)c1ccc(Sc2ccc(Cl)o2)cc1. The highest BCUT2D eigenvalue weighted by molar-refractivity contribution is 7.99. The van der Waals surface area contributed by atoms with Crippen molar-refractivity contribution in [1.82, 2.24) is 10.2 Å². The topological polar surface area (TPSA) is 45.5 Å². The minimum atomic E-state index is 0.0140. The number of fused-ring (bicyclic) bond motifs is 2. The van der Waals surface area contributed by atoms with Crippen LogP contribution in [0.1, 0.15) is 23.2 Å². The molecule has 1 aromatic heterocycles. The van der Waals surface area contributed by atoms with Crippen molar-refractivity contribution in [3.05, 3.63) is 47.2 Å². The van der Waals surface area contributed by atoms with Crippen molar-refractivity contribution in [3.63, 3.8) is 0 Å². The molecule has 24 heavy (non-hydrogen) atoms. The summed E-state index contributed by atoms with van der Waals surface area (Å²) in [6, 6.07) is 11.4. The summed E-state index contributed by atoms with van der Waals surface area (Å²) in [4.78, 5) is 15.9. The second-order valence-electron chi connectivity index (χ2n) is 6.51. The van der Waals surface area contributed by atoms with E-state index in [2.05, 4.69) is 10.2 Å². The van der Waals surface area contributed by atoms with Crippen molar-refractivity contribution in [2.75, 3.05) is 19.6 Å². The number of carbonyl (C=O) groups excluding carboxylic acids is 1. The number of benzene rings is 1. The van der Waals surface area contributed by atoms with Crippen LogP contribution in [-0.4, -0.2) is 36.5 Å². The van der Waals surface area contributed by atoms with E-state index in [0.29, 0.717) is 10.8 Å². The van der Waals surface area contributed by atoms with E-state index in [4.69, 9.17) is 16.0 Å². The third kappa shape index (κ3) is 3.63. The zero-order valence-electron chi connectivity index (χ0n) is 13.2. The van der Waals surface area contributed by atoms with E-state index in [1.54, 1.807) is 6.07 Å². The minimum absolute atomic E-state index is 0.0140. The van der Waals surface area contributed by atoms with Gasteiger partial charge in [-0.15, -0.1) is 0 Å². The molecule has 2 aromatic rings. The lowest BCUT2D eigenvalue weighted by Gasteiger charge is -2.30. The van der Waals surface area contributed by atoms with Crippen molar-refractivity contribution in [2.45, 2.75) is 28.9 Å². The summed E-state index contributed by atoms with van der Waals surface area (Å²) >= 11 is 7.26. The second-order valence-corrected chi connectivity index (χ2v) is 7.96. The lowest BCUT2D eigenvalue weighted by molar-refractivity contribution is 0.0909. The first kappa shape index (κ1) is 16.1. The molecule has 126 valence electrons. The highest BCUT2D eigenvalue weighted by Gasteiger charge is 2.32. The molecular weight excluding hydrogens is 344 g/mol. The molecule has 1 unspecified atom stereocenters. The van der Waals surface area contributed by atoms with E-state index in [0.717, 1.165) is 28.9 Å². The van der Waals surface area contributed by atoms with Crippen molar-refractivity contribution in [2.24, 2.45) is 5.92 Å². The van der Waals surface area contributed by atoms with Crippen LogP contribution in [0.2, 0.25) is 5.22 Å². The zero-order valence-corrected chi connectivity index (χ0v) is 14.8. The van der Waals surface area contributed by atoms with Gasteiger partial charge in [0.05, 0.1) is 0 Å². The van der Waals surface area contributed by atoms with Crippen molar-refractivity contribution >= 4 is 29.3 Å². The maximum Gasteiger partial charge on any atom is 0.251 e. The molecule has 0 aliphatic carbocycles. The Labute approximate surface area is 150 Å². The predicted octanol–water partition coefficient (Wildman–Crippen LogP) is 3.91. The summed E-state index contributed by atoms with van der Waals surface area (Å²) in [6.45, 7) is 3.37. The van der Waals surface area contributed by atoms with Gasteiger partial charge in [0.25, 0.3) is 5.91 Å². The van der Waals surface area contributed by atoms with Crippen LogP contribution in [-0.2, 0) is 0 Å². The van der Waals surface area contributed by atoms with Crippen LogP contribution in [0, 0.1) is 5.92 Å². The first-order chi connectivity index (χ1) is 11.7. The van der Waals surface area contributed by atoms with Crippen LogP contribution in [0.3, 0.4) is 0 Å². The number of carbonyl (C=O) groups is 1. The summed E-state index contributed by atoms with van der Waals surface area (Å²) in [5.74, 6) is 0.767. The minimum Gasteiger partial charge on any atom is -0.438 e. The van der Waals surface area contributed by atoms with Crippen LogP contribution in [0.25, 0.3) is 0 Å². The van der Waals surface area contributed by atoms with E-state index < -0.39 is 0 Å². The fraction of sp³-hybridized carbons (Fsp3) is 0.389. The van der Waals surface area contributed by atoms with Gasteiger partial charge in [-0.05, 0) is 73.3 Å². The number of halogens is 1. The first-order valence-electron chi connectivity index (χ1n) is 8.22. The number of rotatable bonds is 4. The molecule has 4 nitrogen and oxygen atoms in total. The monoisotopic (exact) mass is 362 g/mol. The van der Waals surface area contributed by atoms with Gasteiger partial charge in [0, 0.05) is 29.6 Å². The highest BCUT2D eigenvalue weighted by atomic mass is 35.5. The smallest absolute Gasteiger partial charge is 0.251 e. The first-order valence-corrected chi connectivity index (χ1v) is 9.41. The summed E-state index contributed by atoms with van der Waals surface area (Å²) in [7, 11) is 0. The number of nitrogens with zero attached hydrogens (tertiary/aromatic N) is 1. The number of amides is 1. The van der Waals surface area contributed by atoms with E-state index in [-0.39, 0.29) is 11.9 Å². The molecule has 2 aliphatic heterocycles. The maximum atomic E-state index is 12.4. The zero-order chi connectivity index (χ0) is 16.5. The Morgan fingerprint density at radius 1 is 1.21 bits per heavy atom. The molecule has 3 heterocycles. The molecule has 0 radical (unpaired) electrons. The van der Waals surface area contributed by atoms with Gasteiger partial charge in [0.15, 0.2) is 10.3 Å². The lowest BCUT2D eigenvalue weighted by Crippen LogP contribution is -2.47. The molecule has 0 saturated carbocycles. The quantitative estimate of drug-likeness (QED) is 0.895. The van der Waals surface area contributed by atoms with Crippen LogP contribution in [0.5, 0.6) is 0 Å². The van der Waals surface area contributed by atoms with Gasteiger partial charge >= 0.3 is 0 Å². The molecule has 1 amide bonds. The molecular formula is C18H19ClN2O2S. The van der Waals surface area contributed by atoms with Gasteiger partial charge in [-0.25, -0.2) is 0 Å². The molecule has 2 bridgehead atoms. The molecule has 2 aliphatic rings. The Morgan fingerprint density at radius 3 is 2.75 bits per heavy atom. The predicted molar refractivity (Wildman–Crippen MR) is 94.7 cm³/mol. The van der Waals surface area contributed by atoms with Crippen molar-refractivity contribution in [1.29, 1.82) is 0 Å². The number of nitrogens with one attached hydrogen (secondary N) is 1. The van der Waals surface area contributed by atoms with Gasteiger partial charge in [-0.2, -0.15) is 0 Å². The summed E-state index contributed by atoms with van der Waals surface area (Å²) in [5, 5.41) is 4.31. The highest BCUT2D eigenvalue weighted by Crippen LogP contribution is 2.31. The van der Waals surface area contributed by atoms with Gasteiger partial charge in [0.2, 0.25) is 0 Å². The van der Waals surface area contributed by atoms with Crippen molar-refractivity contribution < 1.29 is 9.21 Å². The van der Waals surface area contributed by atoms with Gasteiger partial charge in [0.1, 0.15) is 0 Å². The Balaban J connectivity index is 1.36. The van der Waals surface area contributed by atoms with Gasteiger partial charge < -0.3 is 14.6 Å². The maximum absolute atomic E-state index is 12.4. The van der Waals surface area contributed by atoms with E-state index in [1.807, 2.05) is 30.3 Å². The van der Waals surface area contributed by atoms with Crippen LogP contribution < -0.4 is 5.32 Å². The number of furan rings is 1. The van der Waals surface area contributed by atoms with Crippen LogP contribution >= 0.6 is 23.4 Å². The second kappa shape index (κ2) is 6.82. The molecule has 6 heteroatoms. The summed E-state index contributed by atoms with van der Waals surface area (Å²) < 4.78 is 5.34. The van der Waals surface area contributed by atoms with Crippen LogP contribution in [0.15, 0.2) is 50.8 Å². The summed E-state index contributed by atoms with van der Waals surface area (Å²) in [5.41, 5.74) is 0.699. The molecule has 4 rings (SSSR count). The average molecular weight is 363 g/mol. The van der Waals surface area contributed by atoms with E-state index in [1.165, 1.54) is 31.3 Å². The Kier molecular flexibility index (Phi) is 4.57. The molecule has 2 fully saturated rings. The largest absolute Gasteiger partial charge is 0.438 e. The molecule has 0 spiro atoms. The van der Waals surface area contributed by atoms with Gasteiger partial charge in [-0.3, -0.25) is 4.79 Å². The van der Waals surface area contributed by atoms with E-state index in [9.17, 15) is 4.79 Å². The van der Waals surface area contributed by atoms with Gasteiger partial charge in [-0.1, -0.05) is 11.8 Å². The number of hydrogen-bond acceptors (Lipinski definition) is 4.